The van der Waals surface area contributed by atoms with Gasteiger partial charge >= 0.3 is 5.97 Å². The number of hydrogen-bond donors (Lipinski definition) is 0. The van der Waals surface area contributed by atoms with E-state index in [0.717, 1.165) is 23.1 Å². The van der Waals surface area contributed by atoms with E-state index in [2.05, 4.69) is 0 Å². The summed E-state index contributed by atoms with van der Waals surface area (Å²) in [6.07, 6.45) is -0.799. The van der Waals surface area contributed by atoms with E-state index >= 15 is 0 Å². The standard InChI is InChI=1S/C33H26ClNO6/c1-39-32(38)33(40-2)27(28(36)22-18-20-25(34)21-19-22)30(31(37)35(33)26-16-10-5-11-17-26)41-29(23-12-6-3-7-13-23)24-14-8-4-9-15-24/h3-21,29H,1-2H3/t33-/m0/s1. The summed E-state index contributed by atoms with van der Waals surface area (Å²) in [5, 5.41) is 0.416. The molecule has 1 amide bonds. The maximum Gasteiger partial charge on any atom is 0.365 e. The third kappa shape index (κ3) is 5.01. The number of methoxy groups -OCH3 is 2. The van der Waals surface area contributed by atoms with E-state index in [0.29, 0.717) is 10.7 Å². The highest BCUT2D eigenvalue weighted by Gasteiger charge is 2.63. The number of carbonyl (C=O) groups excluding carboxylic acids is 3. The van der Waals surface area contributed by atoms with Crippen molar-refractivity contribution in [1.82, 2.24) is 0 Å². The number of para-hydroxylation sites is 1. The molecular formula is C33H26ClNO6. The van der Waals surface area contributed by atoms with Crippen molar-refractivity contribution < 1.29 is 28.6 Å². The van der Waals surface area contributed by atoms with Crippen LogP contribution in [-0.4, -0.2) is 37.6 Å². The van der Waals surface area contributed by atoms with Gasteiger partial charge in [0, 0.05) is 23.4 Å². The van der Waals surface area contributed by atoms with E-state index in [9.17, 15) is 14.4 Å². The number of anilines is 1. The minimum absolute atomic E-state index is 0.175. The van der Waals surface area contributed by atoms with Gasteiger partial charge in [0.15, 0.2) is 11.5 Å². The van der Waals surface area contributed by atoms with Crippen molar-refractivity contribution in [3.05, 3.63) is 148 Å². The van der Waals surface area contributed by atoms with E-state index in [4.69, 9.17) is 25.8 Å². The first-order chi connectivity index (χ1) is 19.9. The Bertz CT molecular complexity index is 1550. The first-order valence-electron chi connectivity index (χ1n) is 12.8. The number of hydrogen-bond acceptors (Lipinski definition) is 6. The topological polar surface area (TPSA) is 82.1 Å². The molecule has 0 aromatic heterocycles. The molecule has 4 aromatic rings. The maximum atomic E-state index is 14.4. The summed E-state index contributed by atoms with van der Waals surface area (Å²) in [5.41, 5.74) is -0.639. The van der Waals surface area contributed by atoms with Gasteiger partial charge in [-0.15, -0.1) is 0 Å². The zero-order valence-electron chi connectivity index (χ0n) is 22.3. The molecule has 0 fully saturated rings. The molecule has 0 unspecified atom stereocenters. The molecule has 0 aliphatic carbocycles. The van der Waals surface area contributed by atoms with Gasteiger partial charge < -0.3 is 14.2 Å². The molecule has 1 atom stereocenters. The first kappa shape index (κ1) is 27.8. The second kappa shape index (κ2) is 11.8. The average Bonchev–Trinajstić information content (AvgIpc) is 3.28. The van der Waals surface area contributed by atoms with Crippen molar-refractivity contribution in [2.45, 2.75) is 11.8 Å². The van der Waals surface area contributed by atoms with Crippen molar-refractivity contribution in [2.24, 2.45) is 0 Å². The fraction of sp³-hybridized carbons (Fsp3) is 0.121. The van der Waals surface area contributed by atoms with Crippen LogP contribution >= 0.6 is 11.6 Å². The summed E-state index contributed by atoms with van der Waals surface area (Å²) in [5.74, 6) is -2.70. The van der Waals surface area contributed by atoms with Gasteiger partial charge in [-0.25, -0.2) is 4.79 Å². The molecule has 0 N–H and O–H groups in total. The maximum absolute atomic E-state index is 14.4. The Kier molecular flexibility index (Phi) is 8.01. The summed E-state index contributed by atoms with van der Waals surface area (Å²) in [7, 11) is 2.40. The summed E-state index contributed by atoms with van der Waals surface area (Å²) >= 11 is 6.08. The minimum Gasteiger partial charge on any atom is -0.475 e. The van der Waals surface area contributed by atoms with Crippen molar-refractivity contribution >= 4 is 34.9 Å². The van der Waals surface area contributed by atoms with Gasteiger partial charge in [-0.05, 0) is 47.5 Å². The van der Waals surface area contributed by atoms with Gasteiger partial charge in [0.25, 0.3) is 11.6 Å². The van der Waals surface area contributed by atoms with Gasteiger partial charge in [-0.3, -0.25) is 14.5 Å². The molecule has 1 aliphatic rings. The van der Waals surface area contributed by atoms with Gasteiger partial charge in [0.2, 0.25) is 0 Å². The van der Waals surface area contributed by atoms with Crippen LogP contribution in [0, 0.1) is 0 Å². The predicted octanol–water partition coefficient (Wildman–Crippen LogP) is 6.15. The molecule has 0 spiro atoms. The monoisotopic (exact) mass is 567 g/mol. The third-order valence-electron chi connectivity index (χ3n) is 6.82. The molecule has 206 valence electrons. The van der Waals surface area contributed by atoms with Gasteiger partial charge in [0.05, 0.1) is 7.11 Å². The molecule has 8 heteroatoms. The normalized spacial score (nSPS) is 16.7. The number of ether oxygens (including phenoxy) is 3. The van der Waals surface area contributed by atoms with Crippen LogP contribution in [0.2, 0.25) is 5.02 Å². The molecular weight excluding hydrogens is 542 g/mol. The fourth-order valence-electron chi connectivity index (χ4n) is 4.92. The molecule has 0 saturated heterocycles. The smallest absolute Gasteiger partial charge is 0.365 e. The number of nitrogens with zero attached hydrogens (tertiary/aromatic N) is 1. The number of rotatable bonds is 9. The molecule has 5 rings (SSSR count). The largest absolute Gasteiger partial charge is 0.475 e. The van der Waals surface area contributed by atoms with Gasteiger partial charge in [-0.1, -0.05) is 90.5 Å². The SMILES string of the molecule is COC(=O)[C@@]1(OC)C(C(=O)c2ccc(Cl)cc2)=C(OC(c2ccccc2)c2ccccc2)C(=O)N1c1ccccc1. The van der Waals surface area contributed by atoms with E-state index in [1.54, 1.807) is 42.5 Å². The molecule has 7 nitrogen and oxygen atoms in total. The minimum atomic E-state index is -2.28. The van der Waals surface area contributed by atoms with Crippen LogP contribution in [0.1, 0.15) is 27.6 Å². The van der Waals surface area contributed by atoms with Crippen molar-refractivity contribution in [1.29, 1.82) is 0 Å². The number of Topliss-reactive ketones (excluding diaryl/α,β-unsaturated/α-hetero) is 1. The molecule has 1 aliphatic heterocycles. The van der Waals surface area contributed by atoms with Crippen LogP contribution in [-0.2, 0) is 23.8 Å². The van der Waals surface area contributed by atoms with E-state index in [1.807, 2.05) is 60.7 Å². The summed E-state index contributed by atoms with van der Waals surface area (Å²) in [6, 6.07) is 33.1. The Morgan fingerprint density at radius 1 is 0.756 bits per heavy atom. The number of esters is 1. The highest BCUT2D eigenvalue weighted by Crippen LogP contribution is 2.45. The molecule has 41 heavy (non-hydrogen) atoms. The summed E-state index contributed by atoms with van der Waals surface area (Å²) < 4.78 is 17.5. The van der Waals surface area contributed by atoms with Crippen LogP contribution < -0.4 is 4.90 Å². The van der Waals surface area contributed by atoms with Crippen molar-refractivity contribution in [3.8, 4) is 0 Å². The lowest BCUT2D eigenvalue weighted by molar-refractivity contribution is -0.161. The Morgan fingerprint density at radius 2 is 1.27 bits per heavy atom. The molecule has 0 saturated carbocycles. The highest BCUT2D eigenvalue weighted by atomic mass is 35.5. The molecule has 1 heterocycles. The van der Waals surface area contributed by atoms with Crippen LogP contribution in [0.15, 0.2) is 127 Å². The van der Waals surface area contributed by atoms with Crippen molar-refractivity contribution in [2.75, 3.05) is 19.1 Å². The highest BCUT2D eigenvalue weighted by molar-refractivity contribution is 6.31. The summed E-state index contributed by atoms with van der Waals surface area (Å²) in [6.45, 7) is 0. The van der Waals surface area contributed by atoms with Crippen LogP contribution in [0.5, 0.6) is 0 Å². The lowest BCUT2D eigenvalue weighted by Crippen LogP contribution is -2.57. The lowest BCUT2D eigenvalue weighted by atomic mass is 9.93. The van der Waals surface area contributed by atoms with E-state index < -0.39 is 29.5 Å². The second-order valence-corrected chi connectivity index (χ2v) is 9.61. The number of halogens is 1. The lowest BCUT2D eigenvalue weighted by Gasteiger charge is -2.35. The summed E-state index contributed by atoms with van der Waals surface area (Å²) in [4.78, 5) is 43.4. The Labute approximate surface area is 242 Å². The average molecular weight is 568 g/mol. The zero-order valence-corrected chi connectivity index (χ0v) is 23.1. The number of ketones is 1. The Hall–Kier alpha value is -4.72. The molecule has 0 bridgehead atoms. The Morgan fingerprint density at radius 3 is 1.76 bits per heavy atom. The molecule has 0 radical (unpaired) electrons. The quantitative estimate of drug-likeness (QED) is 0.178. The van der Waals surface area contributed by atoms with E-state index in [1.165, 1.54) is 19.2 Å². The second-order valence-electron chi connectivity index (χ2n) is 9.18. The first-order valence-corrected chi connectivity index (χ1v) is 13.1. The number of amides is 1. The third-order valence-corrected chi connectivity index (χ3v) is 7.08. The van der Waals surface area contributed by atoms with Crippen LogP contribution in [0.3, 0.4) is 0 Å². The van der Waals surface area contributed by atoms with Crippen LogP contribution in [0.4, 0.5) is 5.69 Å². The fourth-order valence-corrected chi connectivity index (χ4v) is 5.04. The van der Waals surface area contributed by atoms with Crippen molar-refractivity contribution in [3.63, 3.8) is 0 Å². The van der Waals surface area contributed by atoms with Gasteiger partial charge in [-0.2, -0.15) is 0 Å². The van der Waals surface area contributed by atoms with Crippen LogP contribution in [0.25, 0.3) is 0 Å². The van der Waals surface area contributed by atoms with Gasteiger partial charge in [0.1, 0.15) is 11.7 Å². The van der Waals surface area contributed by atoms with E-state index in [-0.39, 0.29) is 16.9 Å². The molecule has 4 aromatic carbocycles. The Balaban J connectivity index is 1.78. The predicted molar refractivity (Wildman–Crippen MR) is 154 cm³/mol. The zero-order chi connectivity index (χ0) is 29.0. The number of carbonyl (C=O) groups is 3. The number of benzene rings is 4.